The van der Waals surface area contributed by atoms with Crippen LogP contribution in [0.25, 0.3) is 0 Å². The van der Waals surface area contributed by atoms with Gasteiger partial charge in [-0.2, -0.15) is 0 Å². The summed E-state index contributed by atoms with van der Waals surface area (Å²) in [4.78, 5) is 12.0. The predicted octanol–water partition coefficient (Wildman–Crippen LogP) is 3.81. The first kappa shape index (κ1) is 18.2. The number of rotatable bonds is 7. The van der Waals surface area contributed by atoms with Crippen LogP contribution in [0.3, 0.4) is 0 Å². The molecule has 3 aromatic rings. The molecule has 1 aromatic heterocycles. The van der Waals surface area contributed by atoms with E-state index < -0.39 is 0 Å². The van der Waals surface area contributed by atoms with Crippen LogP contribution in [0.2, 0.25) is 5.02 Å². The second kappa shape index (κ2) is 8.64. The molecule has 6 nitrogen and oxygen atoms in total. The SMILES string of the molecule is COc1ccc(OCC(=O)Nc2nnc(Cc3ccc(Cl)cc3)s2)cc1. The molecule has 1 amide bonds. The van der Waals surface area contributed by atoms with Crippen LogP contribution >= 0.6 is 22.9 Å². The summed E-state index contributed by atoms with van der Waals surface area (Å²) in [6.45, 7) is -0.113. The lowest BCUT2D eigenvalue weighted by Gasteiger charge is -2.06. The summed E-state index contributed by atoms with van der Waals surface area (Å²) in [7, 11) is 1.59. The molecule has 26 heavy (non-hydrogen) atoms. The molecular weight excluding hydrogens is 374 g/mol. The first-order valence-corrected chi connectivity index (χ1v) is 8.95. The van der Waals surface area contributed by atoms with E-state index in [4.69, 9.17) is 21.1 Å². The van der Waals surface area contributed by atoms with Crippen LogP contribution in [0.4, 0.5) is 5.13 Å². The van der Waals surface area contributed by atoms with E-state index in [1.54, 1.807) is 31.4 Å². The number of anilines is 1. The second-order valence-corrected chi connectivity index (χ2v) is 6.82. The van der Waals surface area contributed by atoms with Crippen molar-refractivity contribution in [1.82, 2.24) is 10.2 Å². The van der Waals surface area contributed by atoms with E-state index in [0.29, 0.717) is 22.3 Å². The van der Waals surface area contributed by atoms with Crippen molar-refractivity contribution in [2.24, 2.45) is 0 Å². The summed E-state index contributed by atoms with van der Waals surface area (Å²) >= 11 is 7.20. The smallest absolute Gasteiger partial charge is 0.264 e. The monoisotopic (exact) mass is 389 g/mol. The van der Waals surface area contributed by atoms with Gasteiger partial charge in [0.05, 0.1) is 7.11 Å². The number of aromatic nitrogens is 2. The number of hydrogen-bond acceptors (Lipinski definition) is 6. The van der Waals surface area contributed by atoms with Crippen LogP contribution in [0.5, 0.6) is 11.5 Å². The topological polar surface area (TPSA) is 73.3 Å². The number of nitrogens with zero attached hydrogens (tertiary/aromatic N) is 2. The van der Waals surface area contributed by atoms with E-state index in [1.165, 1.54) is 11.3 Å². The van der Waals surface area contributed by atoms with Gasteiger partial charge in [-0.15, -0.1) is 10.2 Å². The average molecular weight is 390 g/mol. The van der Waals surface area contributed by atoms with Crippen molar-refractivity contribution in [3.63, 3.8) is 0 Å². The highest BCUT2D eigenvalue weighted by Crippen LogP contribution is 2.20. The molecule has 1 N–H and O–H groups in total. The van der Waals surface area contributed by atoms with E-state index in [-0.39, 0.29) is 12.5 Å². The highest BCUT2D eigenvalue weighted by molar-refractivity contribution is 7.15. The molecule has 0 aliphatic heterocycles. The van der Waals surface area contributed by atoms with Crippen molar-refractivity contribution < 1.29 is 14.3 Å². The van der Waals surface area contributed by atoms with Crippen LogP contribution in [0.1, 0.15) is 10.6 Å². The number of benzene rings is 2. The van der Waals surface area contributed by atoms with Crippen LogP contribution in [-0.2, 0) is 11.2 Å². The maximum absolute atomic E-state index is 12.0. The summed E-state index contributed by atoms with van der Waals surface area (Å²) < 4.78 is 10.5. The summed E-state index contributed by atoms with van der Waals surface area (Å²) in [5.41, 5.74) is 1.08. The van der Waals surface area contributed by atoms with Gasteiger partial charge in [0.25, 0.3) is 5.91 Å². The minimum Gasteiger partial charge on any atom is -0.497 e. The van der Waals surface area contributed by atoms with Crippen LogP contribution in [0, 0.1) is 0 Å². The highest BCUT2D eigenvalue weighted by atomic mass is 35.5. The Labute approximate surface area is 159 Å². The van der Waals surface area contributed by atoms with Gasteiger partial charge in [0.15, 0.2) is 6.61 Å². The van der Waals surface area contributed by atoms with Crippen molar-refractivity contribution in [1.29, 1.82) is 0 Å². The molecule has 0 atom stereocenters. The van der Waals surface area contributed by atoms with Gasteiger partial charge in [-0.05, 0) is 42.0 Å². The molecule has 3 rings (SSSR count). The largest absolute Gasteiger partial charge is 0.497 e. The summed E-state index contributed by atoms with van der Waals surface area (Å²) in [6.07, 6.45) is 0.632. The van der Waals surface area contributed by atoms with Crippen LogP contribution < -0.4 is 14.8 Å². The molecule has 0 spiro atoms. The summed E-state index contributed by atoms with van der Waals surface area (Å²) in [5, 5.41) is 12.7. The lowest BCUT2D eigenvalue weighted by molar-refractivity contribution is -0.118. The van der Waals surface area contributed by atoms with Crippen LogP contribution in [-0.4, -0.2) is 29.8 Å². The molecule has 0 aliphatic carbocycles. The van der Waals surface area contributed by atoms with Gasteiger partial charge < -0.3 is 9.47 Å². The molecule has 0 radical (unpaired) electrons. The standard InChI is InChI=1S/C18H16ClN3O3S/c1-24-14-6-8-15(9-7-14)25-11-16(23)20-18-22-21-17(26-18)10-12-2-4-13(19)5-3-12/h2-9H,10-11H2,1H3,(H,20,22,23). The molecular formula is C18H16ClN3O3S. The van der Waals surface area contributed by atoms with E-state index in [2.05, 4.69) is 15.5 Å². The fraction of sp³-hybridized carbons (Fsp3) is 0.167. The highest BCUT2D eigenvalue weighted by Gasteiger charge is 2.10. The third kappa shape index (κ3) is 5.18. The Hall–Kier alpha value is -2.64. The molecule has 0 unspecified atom stereocenters. The maximum atomic E-state index is 12.0. The molecule has 2 aromatic carbocycles. The Bertz CT molecular complexity index is 866. The van der Waals surface area contributed by atoms with Gasteiger partial charge in [-0.3, -0.25) is 10.1 Å². The number of ether oxygens (including phenoxy) is 2. The minimum atomic E-state index is -0.296. The number of methoxy groups -OCH3 is 1. The zero-order valence-electron chi connectivity index (χ0n) is 13.9. The number of halogens is 1. The first-order valence-electron chi connectivity index (χ1n) is 7.76. The number of amides is 1. The zero-order chi connectivity index (χ0) is 18.4. The van der Waals surface area contributed by atoms with Crippen molar-refractivity contribution in [3.8, 4) is 11.5 Å². The minimum absolute atomic E-state index is 0.113. The van der Waals surface area contributed by atoms with Crippen LogP contribution in [0.15, 0.2) is 48.5 Å². The third-order valence-corrected chi connectivity index (χ3v) is 4.50. The number of carbonyl (C=O) groups excluding carboxylic acids is 1. The predicted molar refractivity (Wildman–Crippen MR) is 101 cm³/mol. The Morgan fingerprint density at radius 3 is 2.46 bits per heavy atom. The quantitative estimate of drug-likeness (QED) is 0.665. The zero-order valence-corrected chi connectivity index (χ0v) is 15.5. The Balaban J connectivity index is 1.49. The number of nitrogens with one attached hydrogen (secondary N) is 1. The van der Waals surface area contributed by atoms with Gasteiger partial charge in [0, 0.05) is 11.4 Å². The van der Waals surface area contributed by atoms with Gasteiger partial charge in [0.1, 0.15) is 16.5 Å². The van der Waals surface area contributed by atoms with Crippen molar-refractivity contribution in [2.75, 3.05) is 19.0 Å². The molecule has 0 saturated carbocycles. The van der Waals surface area contributed by atoms with Gasteiger partial charge in [-0.25, -0.2) is 0 Å². The van der Waals surface area contributed by atoms with E-state index in [1.807, 2.05) is 24.3 Å². The lowest BCUT2D eigenvalue weighted by atomic mass is 10.2. The first-order chi connectivity index (χ1) is 12.6. The molecule has 1 heterocycles. The average Bonchev–Trinajstić information content (AvgIpc) is 3.09. The maximum Gasteiger partial charge on any atom is 0.264 e. The van der Waals surface area contributed by atoms with Crippen molar-refractivity contribution in [2.45, 2.75) is 6.42 Å². The fourth-order valence-corrected chi connectivity index (χ4v) is 3.04. The van der Waals surface area contributed by atoms with Gasteiger partial charge in [0.2, 0.25) is 5.13 Å². The molecule has 8 heteroatoms. The van der Waals surface area contributed by atoms with Gasteiger partial charge in [-0.1, -0.05) is 35.1 Å². The fourth-order valence-electron chi connectivity index (χ4n) is 2.13. The Morgan fingerprint density at radius 2 is 1.77 bits per heavy atom. The van der Waals surface area contributed by atoms with Crippen molar-refractivity contribution in [3.05, 3.63) is 64.1 Å². The molecule has 0 aliphatic rings. The lowest BCUT2D eigenvalue weighted by Crippen LogP contribution is -2.20. The normalized spacial score (nSPS) is 10.4. The molecule has 0 fully saturated rings. The van der Waals surface area contributed by atoms with E-state index >= 15 is 0 Å². The molecule has 0 bridgehead atoms. The van der Waals surface area contributed by atoms with E-state index in [9.17, 15) is 4.79 Å². The Morgan fingerprint density at radius 1 is 1.08 bits per heavy atom. The summed E-state index contributed by atoms with van der Waals surface area (Å²) in [5.74, 6) is 1.01. The van der Waals surface area contributed by atoms with Crippen molar-refractivity contribution >= 4 is 34.0 Å². The van der Waals surface area contributed by atoms with E-state index in [0.717, 1.165) is 16.3 Å². The summed E-state index contributed by atoms with van der Waals surface area (Å²) in [6, 6.07) is 14.5. The van der Waals surface area contributed by atoms with Gasteiger partial charge >= 0.3 is 0 Å². The number of carbonyl (C=O) groups is 1. The Kier molecular flexibility index (Phi) is 6.04. The molecule has 0 saturated heterocycles. The second-order valence-electron chi connectivity index (χ2n) is 5.32. The number of hydrogen-bond donors (Lipinski definition) is 1. The molecule has 134 valence electrons. The third-order valence-electron chi connectivity index (χ3n) is 3.41.